The third-order valence-corrected chi connectivity index (χ3v) is 1.05. The van der Waals surface area contributed by atoms with Gasteiger partial charge in [0.05, 0.1) is 6.61 Å². The standard InChI is InChI=1S/C3H9NO4S/c4-9(6,7)8-3-1-2-5/h5H,1-3H2,(H2,4,6,7). The molecule has 0 aromatic rings. The fourth-order valence-electron chi connectivity index (χ4n) is 0.240. The molecule has 0 spiro atoms. The van der Waals surface area contributed by atoms with E-state index in [1.54, 1.807) is 0 Å². The molecule has 0 radical (unpaired) electrons. The number of nitrogens with two attached hydrogens (primary N) is 1. The highest BCUT2D eigenvalue weighted by atomic mass is 32.2. The Labute approximate surface area is 53.7 Å². The molecular weight excluding hydrogens is 146 g/mol. The van der Waals surface area contributed by atoms with Gasteiger partial charge in [0.1, 0.15) is 0 Å². The quantitative estimate of drug-likeness (QED) is 0.488. The Balaban J connectivity index is 3.30. The van der Waals surface area contributed by atoms with Gasteiger partial charge in [-0.1, -0.05) is 0 Å². The van der Waals surface area contributed by atoms with E-state index >= 15 is 0 Å². The summed E-state index contributed by atoms with van der Waals surface area (Å²) in [6.45, 7) is -0.162. The minimum atomic E-state index is -3.81. The van der Waals surface area contributed by atoms with Crippen molar-refractivity contribution in [3.63, 3.8) is 0 Å². The van der Waals surface area contributed by atoms with Crippen LogP contribution in [0.25, 0.3) is 0 Å². The van der Waals surface area contributed by atoms with Crippen molar-refractivity contribution in [2.45, 2.75) is 6.42 Å². The van der Waals surface area contributed by atoms with E-state index in [2.05, 4.69) is 9.32 Å². The molecule has 0 saturated heterocycles. The van der Waals surface area contributed by atoms with E-state index in [0.717, 1.165) is 0 Å². The summed E-state index contributed by atoms with van der Waals surface area (Å²) in [5.41, 5.74) is 0. The SMILES string of the molecule is NS(=O)(=O)OCCCO. The highest BCUT2D eigenvalue weighted by Crippen LogP contribution is 1.84. The summed E-state index contributed by atoms with van der Waals surface area (Å²) in [6.07, 6.45) is 0.274. The van der Waals surface area contributed by atoms with Crippen LogP contribution in [0.1, 0.15) is 6.42 Å². The number of aliphatic hydroxyl groups is 1. The fourth-order valence-corrected chi connectivity index (χ4v) is 0.590. The molecule has 0 amide bonds. The largest absolute Gasteiger partial charge is 0.396 e. The average Bonchev–Trinajstić information content (AvgIpc) is 1.63. The molecule has 5 nitrogen and oxygen atoms in total. The molecule has 0 aromatic carbocycles. The summed E-state index contributed by atoms with van der Waals surface area (Å²) < 4.78 is 24.0. The van der Waals surface area contributed by atoms with Crippen LogP contribution in [-0.2, 0) is 14.5 Å². The van der Waals surface area contributed by atoms with Crippen molar-refractivity contribution in [2.75, 3.05) is 13.2 Å². The minimum Gasteiger partial charge on any atom is -0.396 e. The molecule has 0 heterocycles. The van der Waals surface area contributed by atoms with Crippen LogP contribution in [0, 0.1) is 0 Å². The van der Waals surface area contributed by atoms with Gasteiger partial charge in [-0.3, -0.25) is 4.18 Å². The van der Waals surface area contributed by atoms with E-state index in [1.807, 2.05) is 0 Å². The van der Waals surface area contributed by atoms with E-state index in [9.17, 15) is 8.42 Å². The van der Waals surface area contributed by atoms with Crippen molar-refractivity contribution in [3.8, 4) is 0 Å². The molecule has 0 aliphatic heterocycles. The van der Waals surface area contributed by atoms with Crippen LogP contribution in [0.5, 0.6) is 0 Å². The maximum atomic E-state index is 9.98. The first-order chi connectivity index (χ1) is 4.06. The molecule has 3 N–H and O–H groups in total. The first-order valence-electron chi connectivity index (χ1n) is 2.34. The van der Waals surface area contributed by atoms with E-state index in [-0.39, 0.29) is 19.6 Å². The Morgan fingerprint density at radius 1 is 1.56 bits per heavy atom. The topological polar surface area (TPSA) is 89.6 Å². The number of hydrogen-bond donors (Lipinski definition) is 2. The molecule has 0 saturated carbocycles. The third-order valence-electron chi connectivity index (χ3n) is 0.550. The average molecular weight is 155 g/mol. The summed E-state index contributed by atoms with van der Waals surface area (Å²) in [4.78, 5) is 0. The van der Waals surface area contributed by atoms with E-state index in [4.69, 9.17) is 5.11 Å². The fraction of sp³-hybridized carbons (Fsp3) is 1.00. The zero-order valence-electron chi connectivity index (χ0n) is 4.78. The van der Waals surface area contributed by atoms with Crippen molar-refractivity contribution < 1.29 is 17.7 Å². The summed E-state index contributed by atoms with van der Waals surface area (Å²) in [7, 11) is -3.81. The van der Waals surface area contributed by atoms with Gasteiger partial charge in [0, 0.05) is 6.61 Å². The Kier molecular flexibility index (Phi) is 3.71. The van der Waals surface area contributed by atoms with Crippen LogP contribution in [0.15, 0.2) is 0 Å². The second-order valence-corrected chi connectivity index (χ2v) is 2.61. The highest BCUT2D eigenvalue weighted by Gasteiger charge is 1.98. The van der Waals surface area contributed by atoms with Gasteiger partial charge in [0.25, 0.3) is 0 Å². The molecule has 0 fully saturated rings. The molecule has 0 aliphatic rings. The lowest BCUT2D eigenvalue weighted by Gasteiger charge is -1.95. The first-order valence-corrected chi connectivity index (χ1v) is 3.81. The monoisotopic (exact) mass is 155 g/mol. The van der Waals surface area contributed by atoms with E-state index in [1.165, 1.54) is 0 Å². The Morgan fingerprint density at radius 2 is 2.11 bits per heavy atom. The molecule has 9 heavy (non-hydrogen) atoms. The van der Waals surface area contributed by atoms with Crippen LogP contribution in [0.4, 0.5) is 0 Å². The molecule has 56 valence electrons. The minimum absolute atomic E-state index is 0.0602. The van der Waals surface area contributed by atoms with Gasteiger partial charge < -0.3 is 5.11 Å². The lowest BCUT2D eigenvalue weighted by Crippen LogP contribution is -2.16. The highest BCUT2D eigenvalue weighted by molar-refractivity contribution is 7.84. The molecule has 0 rings (SSSR count). The number of rotatable bonds is 4. The van der Waals surface area contributed by atoms with Crippen molar-refractivity contribution in [1.82, 2.24) is 0 Å². The first kappa shape index (κ1) is 8.83. The van der Waals surface area contributed by atoms with Gasteiger partial charge in [0.2, 0.25) is 0 Å². The molecular formula is C3H9NO4S. The maximum Gasteiger partial charge on any atom is 0.333 e. The Bertz CT molecular complexity index is 151. The maximum absolute atomic E-state index is 9.98. The van der Waals surface area contributed by atoms with E-state index < -0.39 is 10.3 Å². The van der Waals surface area contributed by atoms with Crippen molar-refractivity contribution >= 4 is 10.3 Å². The van der Waals surface area contributed by atoms with Crippen LogP contribution < -0.4 is 5.14 Å². The molecule has 0 aliphatic carbocycles. The molecule has 0 bridgehead atoms. The predicted molar refractivity (Wildman–Crippen MR) is 30.8 cm³/mol. The van der Waals surface area contributed by atoms with Crippen molar-refractivity contribution in [1.29, 1.82) is 0 Å². The van der Waals surface area contributed by atoms with Crippen LogP contribution >= 0.6 is 0 Å². The van der Waals surface area contributed by atoms with Crippen molar-refractivity contribution in [3.05, 3.63) is 0 Å². The van der Waals surface area contributed by atoms with Gasteiger partial charge in [-0.05, 0) is 6.42 Å². The van der Waals surface area contributed by atoms with Gasteiger partial charge in [-0.2, -0.15) is 8.42 Å². The molecule has 6 heteroatoms. The Morgan fingerprint density at radius 3 is 2.44 bits per heavy atom. The molecule has 0 aromatic heterocycles. The summed E-state index contributed by atoms with van der Waals surface area (Å²) in [5.74, 6) is 0. The number of hydrogen-bond acceptors (Lipinski definition) is 4. The second-order valence-electron chi connectivity index (χ2n) is 1.39. The van der Waals surface area contributed by atoms with Gasteiger partial charge in [-0.25, -0.2) is 5.14 Å². The normalized spacial score (nSPS) is 11.8. The van der Waals surface area contributed by atoms with Crippen molar-refractivity contribution in [2.24, 2.45) is 5.14 Å². The summed E-state index contributed by atoms with van der Waals surface area (Å²) in [5, 5.41) is 12.6. The van der Waals surface area contributed by atoms with E-state index in [0.29, 0.717) is 0 Å². The molecule has 0 atom stereocenters. The van der Waals surface area contributed by atoms with Crippen LogP contribution in [-0.4, -0.2) is 26.7 Å². The lowest BCUT2D eigenvalue weighted by atomic mass is 10.5. The predicted octanol–water partition coefficient (Wildman–Crippen LogP) is -1.41. The smallest absolute Gasteiger partial charge is 0.333 e. The summed E-state index contributed by atoms with van der Waals surface area (Å²) >= 11 is 0. The Hall–Kier alpha value is -0.170. The van der Waals surface area contributed by atoms with Gasteiger partial charge in [0.15, 0.2) is 0 Å². The summed E-state index contributed by atoms with van der Waals surface area (Å²) in [6, 6.07) is 0. The van der Waals surface area contributed by atoms with Gasteiger partial charge >= 0.3 is 10.3 Å². The van der Waals surface area contributed by atoms with Crippen LogP contribution in [0.2, 0.25) is 0 Å². The zero-order valence-corrected chi connectivity index (χ0v) is 5.60. The number of aliphatic hydroxyl groups excluding tert-OH is 1. The third kappa shape index (κ3) is 7.83. The zero-order chi connectivity index (χ0) is 7.33. The van der Waals surface area contributed by atoms with Crippen LogP contribution in [0.3, 0.4) is 0 Å². The van der Waals surface area contributed by atoms with Gasteiger partial charge in [-0.15, -0.1) is 0 Å². The lowest BCUT2D eigenvalue weighted by molar-refractivity contribution is 0.237. The second kappa shape index (κ2) is 3.78. The molecule has 0 unspecified atom stereocenters.